The third kappa shape index (κ3) is 5.23. The number of fused-ring (bicyclic) bond motifs is 2. The molecule has 1 amide bonds. The number of carbonyl (C=O) groups excluding carboxylic acids is 1. The fraction of sp³-hybridized carbons (Fsp3) is 0.150. The van der Waals surface area contributed by atoms with Crippen molar-refractivity contribution < 1.29 is 18.0 Å². The smallest absolute Gasteiger partial charge is 0.283 e. The van der Waals surface area contributed by atoms with Crippen molar-refractivity contribution in [2.75, 3.05) is 11.4 Å². The second-order valence-electron chi connectivity index (χ2n) is 12.1. The van der Waals surface area contributed by atoms with Gasteiger partial charge in [0.05, 0.1) is 16.2 Å². The molecule has 5 aromatic rings. The molecule has 7 rings (SSSR count). The Labute approximate surface area is 281 Å². The van der Waals surface area contributed by atoms with Crippen LogP contribution in [0.15, 0.2) is 161 Å². The third-order valence-electron chi connectivity index (χ3n) is 9.15. The van der Waals surface area contributed by atoms with Crippen LogP contribution in [-0.2, 0) is 31.7 Å². The first-order valence-corrected chi connectivity index (χ1v) is 17.3. The van der Waals surface area contributed by atoms with Gasteiger partial charge in [0.1, 0.15) is 18.5 Å². The van der Waals surface area contributed by atoms with E-state index in [1.54, 1.807) is 30.3 Å². The van der Waals surface area contributed by atoms with Crippen LogP contribution >= 0.6 is 0 Å². The Morgan fingerprint density at radius 3 is 2.02 bits per heavy atom. The molecule has 0 radical (unpaired) electrons. The van der Waals surface area contributed by atoms with Gasteiger partial charge in [-0.1, -0.05) is 133 Å². The summed E-state index contributed by atoms with van der Waals surface area (Å²) in [4.78, 5) is 23.6. The Morgan fingerprint density at radius 2 is 1.38 bits per heavy atom. The molecule has 2 aliphatic rings. The normalized spacial score (nSPS) is 21.2. The second-order valence-corrected chi connectivity index (χ2v) is 13.7. The van der Waals surface area contributed by atoms with Gasteiger partial charge in [-0.05, 0) is 47.4 Å². The van der Waals surface area contributed by atoms with E-state index in [1.807, 2.05) is 127 Å². The molecule has 48 heavy (non-hydrogen) atoms. The van der Waals surface area contributed by atoms with E-state index in [1.165, 1.54) is 5.06 Å². The van der Waals surface area contributed by atoms with E-state index < -0.39 is 27.4 Å². The van der Waals surface area contributed by atoms with E-state index in [9.17, 15) is 8.42 Å². The Bertz CT molecular complexity index is 2090. The first-order chi connectivity index (χ1) is 23.4. The van der Waals surface area contributed by atoms with Crippen LogP contribution in [0.2, 0.25) is 0 Å². The summed E-state index contributed by atoms with van der Waals surface area (Å²) in [7, 11) is -4.25. The van der Waals surface area contributed by atoms with Gasteiger partial charge >= 0.3 is 0 Å². The minimum absolute atomic E-state index is 0.0688. The molecule has 3 unspecified atom stereocenters. The molecule has 2 aliphatic heterocycles. The highest BCUT2D eigenvalue weighted by Crippen LogP contribution is 2.63. The lowest BCUT2D eigenvalue weighted by atomic mass is 9.64. The Balaban J connectivity index is 1.56. The molecule has 7 nitrogen and oxygen atoms in total. The summed E-state index contributed by atoms with van der Waals surface area (Å²) in [6.07, 6.45) is 1.72. The summed E-state index contributed by atoms with van der Waals surface area (Å²) in [5, 5.41) is 1.46. The van der Waals surface area contributed by atoms with E-state index >= 15 is 4.79 Å². The van der Waals surface area contributed by atoms with Crippen molar-refractivity contribution >= 4 is 27.5 Å². The lowest BCUT2D eigenvalue weighted by Crippen LogP contribution is -2.48. The lowest BCUT2D eigenvalue weighted by Gasteiger charge is -2.38. The molecule has 8 heteroatoms. The van der Waals surface area contributed by atoms with Gasteiger partial charge in [-0.3, -0.25) is 9.63 Å². The van der Waals surface area contributed by atoms with Gasteiger partial charge in [0.2, 0.25) is 0 Å². The van der Waals surface area contributed by atoms with Crippen LogP contribution in [0.1, 0.15) is 39.8 Å². The number of amides is 1. The minimum atomic E-state index is -4.25. The zero-order valence-corrected chi connectivity index (χ0v) is 27.3. The number of benzene rings is 5. The number of sulfonamides is 1. The topological polar surface area (TPSA) is 79.3 Å². The lowest BCUT2D eigenvalue weighted by molar-refractivity contribution is -0.198. The van der Waals surface area contributed by atoms with Crippen molar-refractivity contribution in [2.24, 2.45) is 4.40 Å². The van der Waals surface area contributed by atoms with Crippen molar-refractivity contribution in [3.05, 3.63) is 180 Å². The highest BCUT2D eigenvalue weighted by molar-refractivity contribution is 7.90. The Hall–Kier alpha value is -5.31. The fourth-order valence-electron chi connectivity index (χ4n) is 7.12. The average Bonchev–Trinajstić information content (AvgIpc) is 3.52. The average molecular weight is 654 g/mol. The first kappa shape index (κ1) is 31.3. The van der Waals surface area contributed by atoms with Crippen molar-refractivity contribution in [1.29, 1.82) is 0 Å². The quantitative estimate of drug-likeness (QED) is 0.154. The molecule has 3 atom stereocenters. The van der Waals surface area contributed by atoms with Crippen molar-refractivity contribution in [3.8, 4) is 0 Å². The Kier molecular flexibility index (Phi) is 8.29. The fourth-order valence-corrected chi connectivity index (χ4v) is 8.18. The van der Waals surface area contributed by atoms with Gasteiger partial charge in [-0.15, -0.1) is 11.0 Å². The number of hydroxylamine groups is 2. The third-order valence-corrected chi connectivity index (χ3v) is 10.4. The molecule has 0 N–H and O–H groups in total. The predicted octanol–water partition coefficient (Wildman–Crippen LogP) is 7.53. The molecular formula is C40H35N3O4S. The van der Waals surface area contributed by atoms with Crippen LogP contribution in [0.5, 0.6) is 0 Å². The van der Waals surface area contributed by atoms with Crippen LogP contribution in [0.25, 0.3) is 0 Å². The molecule has 0 saturated carbocycles. The second kappa shape index (κ2) is 12.7. The monoisotopic (exact) mass is 653 g/mol. The summed E-state index contributed by atoms with van der Waals surface area (Å²) in [6, 6.07) is 42.5. The van der Waals surface area contributed by atoms with E-state index in [0.29, 0.717) is 0 Å². The zero-order chi connectivity index (χ0) is 33.3. The maximum absolute atomic E-state index is 15.1. The number of carbonyl (C=O) groups is 1. The number of amidine groups is 1. The maximum Gasteiger partial charge on any atom is 0.283 e. The van der Waals surface area contributed by atoms with E-state index in [4.69, 9.17) is 9.24 Å². The van der Waals surface area contributed by atoms with E-state index in [2.05, 4.69) is 6.58 Å². The van der Waals surface area contributed by atoms with Crippen LogP contribution in [-0.4, -0.2) is 31.8 Å². The largest absolute Gasteiger partial charge is 0.324 e. The van der Waals surface area contributed by atoms with Crippen molar-refractivity contribution in [1.82, 2.24) is 5.06 Å². The van der Waals surface area contributed by atoms with Gasteiger partial charge in [0.25, 0.3) is 15.9 Å². The summed E-state index contributed by atoms with van der Waals surface area (Å²) in [6.45, 7) is 6.32. The molecular weight excluding hydrogens is 619 g/mol. The number of hydrogen-bond acceptors (Lipinski definition) is 4. The van der Waals surface area contributed by atoms with Crippen LogP contribution in [0.4, 0.5) is 5.69 Å². The van der Waals surface area contributed by atoms with Gasteiger partial charge in [0, 0.05) is 12.2 Å². The number of anilines is 1. The molecule has 1 fully saturated rings. The molecule has 0 bridgehead atoms. The molecule has 1 spiro atoms. The highest BCUT2D eigenvalue weighted by Gasteiger charge is 2.69. The number of para-hydroxylation sites is 1. The van der Waals surface area contributed by atoms with Crippen LogP contribution in [0, 0.1) is 6.92 Å². The first-order valence-electron chi connectivity index (χ1n) is 15.9. The summed E-state index contributed by atoms with van der Waals surface area (Å²) in [5.41, 5.74) is 3.55. The summed E-state index contributed by atoms with van der Waals surface area (Å²) in [5.74, 6) is -0.935. The highest BCUT2D eigenvalue weighted by atomic mass is 32.2. The number of aryl methyl sites for hydroxylation is 1. The number of nitrogens with zero attached hydrogens (tertiary/aromatic N) is 3. The molecule has 0 aromatic heterocycles. The maximum atomic E-state index is 15.1. The van der Waals surface area contributed by atoms with E-state index in [0.717, 1.165) is 33.5 Å². The molecule has 1 saturated heterocycles. The van der Waals surface area contributed by atoms with Gasteiger partial charge < -0.3 is 4.90 Å². The van der Waals surface area contributed by atoms with Crippen LogP contribution < -0.4 is 4.90 Å². The molecule has 5 aromatic carbocycles. The summed E-state index contributed by atoms with van der Waals surface area (Å²) >= 11 is 0. The molecule has 2 heterocycles. The SMILES string of the molecule is C=CCN1/C(=N\S(=O)(=O)c2ccc(C)cc2)C2(c3ccccc31)C(c1ccccc1)C(=O)N(OCc1ccccc1)C2c1ccccc1. The molecule has 0 aliphatic carbocycles. The number of rotatable bonds is 9. The van der Waals surface area contributed by atoms with Crippen molar-refractivity contribution in [2.45, 2.75) is 35.8 Å². The van der Waals surface area contributed by atoms with Crippen LogP contribution in [0.3, 0.4) is 0 Å². The number of hydrogen-bond donors (Lipinski definition) is 0. The van der Waals surface area contributed by atoms with Gasteiger partial charge in [-0.25, -0.2) is 5.06 Å². The predicted molar refractivity (Wildman–Crippen MR) is 188 cm³/mol. The Morgan fingerprint density at radius 1 is 0.792 bits per heavy atom. The minimum Gasteiger partial charge on any atom is -0.324 e. The standard InChI is InChI=1S/C40H35N3O4S/c1-3-27-42-35-22-14-13-21-34(35)40(39(42)41-48(45,46)33-25-23-29(2)24-26-33)36(31-17-9-5-10-18-31)38(44)43(37(40)32-19-11-6-12-20-32)47-28-30-15-7-4-8-16-30/h3-26,36-37H,1,27-28H2,2H3/b41-39-. The van der Waals surface area contributed by atoms with Crippen molar-refractivity contribution in [3.63, 3.8) is 0 Å². The van der Waals surface area contributed by atoms with Gasteiger partial charge in [0.15, 0.2) is 0 Å². The molecule has 240 valence electrons. The summed E-state index contributed by atoms with van der Waals surface area (Å²) < 4.78 is 33.4. The zero-order valence-electron chi connectivity index (χ0n) is 26.5. The van der Waals surface area contributed by atoms with E-state index in [-0.39, 0.29) is 29.8 Å². The van der Waals surface area contributed by atoms with Gasteiger partial charge in [-0.2, -0.15) is 8.42 Å².